The number of nitrogens with one attached hydrogen (secondary N) is 3. The quantitative estimate of drug-likeness (QED) is 0.447. The van der Waals surface area contributed by atoms with Crippen LogP contribution in [-0.4, -0.2) is 31.6 Å². The zero-order valence-corrected chi connectivity index (χ0v) is 9.31. The van der Waals surface area contributed by atoms with Crippen molar-refractivity contribution in [3.8, 4) is 11.8 Å². The van der Waals surface area contributed by atoms with E-state index in [2.05, 4.69) is 27.8 Å². The minimum absolute atomic E-state index is 0.348. The molecule has 3 amide bonds. The van der Waals surface area contributed by atoms with Gasteiger partial charge in [-0.25, -0.2) is 4.79 Å². The van der Waals surface area contributed by atoms with Gasteiger partial charge in [-0.2, -0.15) is 0 Å². The van der Waals surface area contributed by atoms with Gasteiger partial charge in [0.15, 0.2) is 0 Å². The van der Waals surface area contributed by atoms with Crippen LogP contribution in [0.15, 0.2) is 0 Å². The lowest BCUT2D eigenvalue weighted by Gasteiger charge is -2.11. The Morgan fingerprint density at radius 1 is 1.40 bits per heavy atom. The van der Waals surface area contributed by atoms with E-state index in [1.807, 2.05) is 0 Å². The molecule has 0 heterocycles. The molecule has 1 atom stereocenters. The number of amides is 3. The first kappa shape index (κ1) is 13.5. The third-order valence-electron chi connectivity index (χ3n) is 1.73. The lowest BCUT2D eigenvalue weighted by molar-refractivity contribution is -0.121. The van der Waals surface area contributed by atoms with Crippen LogP contribution < -0.4 is 16.0 Å². The van der Waals surface area contributed by atoms with Crippen molar-refractivity contribution in [1.82, 2.24) is 16.0 Å². The van der Waals surface area contributed by atoms with Crippen LogP contribution in [0.1, 0.15) is 20.3 Å². The largest absolute Gasteiger partial charge is 0.341 e. The molecule has 84 valence electrons. The molecule has 0 aliphatic heterocycles. The summed E-state index contributed by atoms with van der Waals surface area (Å²) in [5.41, 5.74) is 0. The maximum atomic E-state index is 11.3. The van der Waals surface area contributed by atoms with Gasteiger partial charge in [0.25, 0.3) is 0 Å². The summed E-state index contributed by atoms with van der Waals surface area (Å²) in [6, 6.07) is -0.900. The summed E-state index contributed by atoms with van der Waals surface area (Å²) in [4.78, 5) is 22.1. The normalized spacial score (nSPS) is 10.9. The molecular formula is C10H17N3O2. The second-order valence-corrected chi connectivity index (χ2v) is 2.92. The molecule has 0 saturated heterocycles. The molecule has 0 spiro atoms. The van der Waals surface area contributed by atoms with Gasteiger partial charge in [-0.15, -0.1) is 11.8 Å². The first-order chi connectivity index (χ1) is 7.11. The summed E-state index contributed by atoms with van der Waals surface area (Å²) in [5, 5.41) is 7.44. The number of carbonyl (C=O) groups excluding carboxylic acids is 2. The lowest BCUT2D eigenvalue weighted by atomic mass is 10.3. The number of hydrogen-bond acceptors (Lipinski definition) is 3. The van der Waals surface area contributed by atoms with Crippen LogP contribution in [0.5, 0.6) is 0 Å². The highest BCUT2D eigenvalue weighted by Crippen LogP contribution is 1.83. The second-order valence-electron chi connectivity index (χ2n) is 2.92. The smallest absolute Gasteiger partial charge is 0.321 e. The number of imide groups is 1. The standard InChI is InChI=1S/C10H17N3O2/c1-4-5-6-7-12-8(2)9(14)13-10(15)11-3/h8,12H,6-7H2,1-3H3,(H2,11,13,14,15). The van der Waals surface area contributed by atoms with E-state index in [0.717, 1.165) is 0 Å². The molecule has 0 radical (unpaired) electrons. The molecule has 1 unspecified atom stereocenters. The monoisotopic (exact) mass is 211 g/mol. The third kappa shape index (κ3) is 6.52. The van der Waals surface area contributed by atoms with Crippen LogP contribution in [-0.2, 0) is 4.79 Å². The average molecular weight is 211 g/mol. The van der Waals surface area contributed by atoms with Gasteiger partial charge < -0.3 is 10.6 Å². The predicted molar refractivity (Wildman–Crippen MR) is 58.1 cm³/mol. The van der Waals surface area contributed by atoms with Gasteiger partial charge >= 0.3 is 6.03 Å². The van der Waals surface area contributed by atoms with E-state index < -0.39 is 12.1 Å². The van der Waals surface area contributed by atoms with Crippen molar-refractivity contribution in [2.24, 2.45) is 0 Å². The van der Waals surface area contributed by atoms with Crippen LogP contribution in [0.4, 0.5) is 4.79 Å². The van der Waals surface area contributed by atoms with E-state index in [0.29, 0.717) is 13.0 Å². The highest BCUT2D eigenvalue weighted by molar-refractivity contribution is 5.96. The number of urea groups is 1. The summed E-state index contributed by atoms with van der Waals surface area (Å²) in [6.45, 7) is 4.09. The molecule has 0 fully saturated rings. The molecule has 0 aromatic carbocycles. The fourth-order valence-electron chi connectivity index (χ4n) is 0.852. The fraction of sp³-hybridized carbons (Fsp3) is 0.600. The molecule has 3 N–H and O–H groups in total. The topological polar surface area (TPSA) is 70.2 Å². The molecule has 0 rings (SSSR count). The average Bonchev–Trinajstić information content (AvgIpc) is 2.23. The van der Waals surface area contributed by atoms with Gasteiger partial charge in [0, 0.05) is 20.0 Å². The second kappa shape index (κ2) is 7.83. The van der Waals surface area contributed by atoms with Crippen LogP contribution in [0.2, 0.25) is 0 Å². The highest BCUT2D eigenvalue weighted by Gasteiger charge is 2.13. The summed E-state index contributed by atoms with van der Waals surface area (Å²) >= 11 is 0. The summed E-state index contributed by atoms with van der Waals surface area (Å²) in [7, 11) is 1.46. The van der Waals surface area contributed by atoms with E-state index in [1.54, 1.807) is 13.8 Å². The van der Waals surface area contributed by atoms with Crippen molar-refractivity contribution in [2.45, 2.75) is 26.3 Å². The summed E-state index contributed by atoms with van der Waals surface area (Å²) in [6.07, 6.45) is 0.689. The van der Waals surface area contributed by atoms with Gasteiger partial charge in [0.2, 0.25) is 5.91 Å². The fourth-order valence-corrected chi connectivity index (χ4v) is 0.852. The van der Waals surface area contributed by atoms with E-state index in [4.69, 9.17) is 0 Å². The van der Waals surface area contributed by atoms with E-state index in [9.17, 15) is 9.59 Å². The van der Waals surface area contributed by atoms with Gasteiger partial charge in [-0.3, -0.25) is 10.1 Å². The Bertz CT molecular complexity index is 278. The van der Waals surface area contributed by atoms with Crippen LogP contribution in [0.25, 0.3) is 0 Å². The minimum Gasteiger partial charge on any atom is -0.341 e. The van der Waals surface area contributed by atoms with Crippen molar-refractivity contribution in [1.29, 1.82) is 0 Å². The van der Waals surface area contributed by atoms with Crippen molar-refractivity contribution < 1.29 is 9.59 Å². The molecule has 15 heavy (non-hydrogen) atoms. The Labute approximate surface area is 90.0 Å². The van der Waals surface area contributed by atoms with Gasteiger partial charge in [0.05, 0.1) is 6.04 Å². The van der Waals surface area contributed by atoms with E-state index in [-0.39, 0.29) is 5.91 Å². The van der Waals surface area contributed by atoms with Crippen LogP contribution in [0, 0.1) is 11.8 Å². The van der Waals surface area contributed by atoms with Crippen LogP contribution in [0.3, 0.4) is 0 Å². The van der Waals surface area contributed by atoms with Crippen molar-refractivity contribution in [3.05, 3.63) is 0 Å². The molecule has 0 aliphatic rings. The first-order valence-corrected chi connectivity index (χ1v) is 4.77. The molecule has 5 heteroatoms. The zero-order valence-electron chi connectivity index (χ0n) is 9.31. The maximum absolute atomic E-state index is 11.3. The highest BCUT2D eigenvalue weighted by atomic mass is 16.2. The van der Waals surface area contributed by atoms with Crippen molar-refractivity contribution in [2.75, 3.05) is 13.6 Å². The molecule has 5 nitrogen and oxygen atoms in total. The predicted octanol–water partition coefficient (Wildman–Crippen LogP) is -0.166. The molecule has 0 aliphatic carbocycles. The molecule has 0 aromatic rings. The Kier molecular flexibility index (Phi) is 7.02. The third-order valence-corrected chi connectivity index (χ3v) is 1.73. The number of carbonyl (C=O) groups is 2. The summed E-state index contributed by atoms with van der Waals surface area (Å²) in [5.74, 6) is 5.28. The number of rotatable bonds is 4. The van der Waals surface area contributed by atoms with Gasteiger partial charge in [-0.05, 0) is 13.8 Å². The molecule has 0 saturated carbocycles. The minimum atomic E-state index is -0.498. The molecular weight excluding hydrogens is 194 g/mol. The zero-order chi connectivity index (χ0) is 11.7. The van der Waals surface area contributed by atoms with Crippen molar-refractivity contribution >= 4 is 11.9 Å². The Morgan fingerprint density at radius 2 is 2.07 bits per heavy atom. The Morgan fingerprint density at radius 3 is 2.60 bits per heavy atom. The first-order valence-electron chi connectivity index (χ1n) is 4.77. The Balaban J connectivity index is 3.77. The van der Waals surface area contributed by atoms with E-state index in [1.165, 1.54) is 7.05 Å². The molecule has 0 aromatic heterocycles. The van der Waals surface area contributed by atoms with E-state index >= 15 is 0 Å². The SMILES string of the molecule is CC#CCCNC(C)C(=O)NC(=O)NC. The lowest BCUT2D eigenvalue weighted by Crippen LogP contribution is -2.47. The van der Waals surface area contributed by atoms with Gasteiger partial charge in [-0.1, -0.05) is 0 Å². The van der Waals surface area contributed by atoms with Crippen molar-refractivity contribution in [3.63, 3.8) is 0 Å². The van der Waals surface area contributed by atoms with Gasteiger partial charge in [0.1, 0.15) is 0 Å². The maximum Gasteiger partial charge on any atom is 0.321 e. The number of hydrogen-bond donors (Lipinski definition) is 3. The van der Waals surface area contributed by atoms with Crippen LogP contribution >= 0.6 is 0 Å². The Hall–Kier alpha value is -1.54. The molecule has 0 bridgehead atoms. The summed E-state index contributed by atoms with van der Waals surface area (Å²) < 4.78 is 0.